The molecule has 31 heavy (non-hydrogen) atoms. The minimum atomic E-state index is -3.84. The van der Waals surface area contributed by atoms with Crippen molar-refractivity contribution in [2.24, 2.45) is 0 Å². The fraction of sp³-hybridized carbons (Fsp3) is 0.143. The molecule has 0 aliphatic heterocycles. The minimum absolute atomic E-state index is 0.0872. The predicted octanol–water partition coefficient (Wildman–Crippen LogP) is 4.75. The maximum absolute atomic E-state index is 13.2. The highest BCUT2D eigenvalue weighted by atomic mass is 35.5. The zero-order valence-corrected chi connectivity index (χ0v) is 19.0. The normalized spacial score (nSPS) is 12.2. The molecule has 0 fully saturated rings. The van der Waals surface area contributed by atoms with Gasteiger partial charge in [0.2, 0.25) is 0 Å². The molecule has 1 unspecified atom stereocenters. The van der Waals surface area contributed by atoms with E-state index in [0.29, 0.717) is 21.4 Å². The largest absolute Gasteiger partial charge is 0.482 e. The molecule has 6 nitrogen and oxygen atoms in total. The van der Waals surface area contributed by atoms with E-state index in [2.05, 4.69) is 10.3 Å². The van der Waals surface area contributed by atoms with Crippen LogP contribution in [0.15, 0.2) is 71.9 Å². The van der Waals surface area contributed by atoms with Gasteiger partial charge in [0.05, 0.1) is 9.92 Å². The molecule has 1 atom stereocenters. The number of hydrogen-bond donors (Lipinski definition) is 1. The molecule has 0 aliphatic carbocycles. The SMILES string of the molecule is O=C(COc1ccc(Cl)cc1Cl)NCC(c1cccnc1)S(=O)(=O)c1ccc(Cl)cc1. The van der Waals surface area contributed by atoms with Gasteiger partial charge in [-0.1, -0.05) is 40.9 Å². The average Bonchev–Trinajstić information content (AvgIpc) is 2.74. The van der Waals surface area contributed by atoms with Gasteiger partial charge in [0, 0.05) is 29.0 Å². The third-order valence-corrected chi connectivity index (χ3v) is 7.21. The summed E-state index contributed by atoms with van der Waals surface area (Å²) in [6, 6.07) is 13.7. The number of nitrogens with one attached hydrogen (secondary N) is 1. The van der Waals surface area contributed by atoms with Crippen molar-refractivity contribution in [1.82, 2.24) is 10.3 Å². The number of carbonyl (C=O) groups is 1. The maximum Gasteiger partial charge on any atom is 0.257 e. The molecule has 10 heteroatoms. The molecular formula is C21H17Cl3N2O4S. The second-order valence-electron chi connectivity index (χ2n) is 6.44. The lowest BCUT2D eigenvalue weighted by molar-refractivity contribution is -0.123. The van der Waals surface area contributed by atoms with Gasteiger partial charge in [0.25, 0.3) is 5.91 Å². The quantitative estimate of drug-likeness (QED) is 0.483. The smallest absolute Gasteiger partial charge is 0.257 e. The average molecular weight is 500 g/mol. The third kappa shape index (κ3) is 6.11. The monoisotopic (exact) mass is 498 g/mol. The van der Waals surface area contributed by atoms with Crippen molar-refractivity contribution in [1.29, 1.82) is 0 Å². The summed E-state index contributed by atoms with van der Waals surface area (Å²) < 4.78 is 31.9. The van der Waals surface area contributed by atoms with Gasteiger partial charge in [-0.3, -0.25) is 9.78 Å². The Hall–Kier alpha value is -2.32. The topological polar surface area (TPSA) is 85.4 Å². The Morgan fingerprint density at radius 2 is 1.74 bits per heavy atom. The van der Waals surface area contributed by atoms with Crippen molar-refractivity contribution < 1.29 is 17.9 Å². The molecular weight excluding hydrogens is 483 g/mol. The molecule has 0 aliphatic rings. The molecule has 2 aromatic carbocycles. The minimum Gasteiger partial charge on any atom is -0.482 e. The molecule has 1 heterocycles. The number of halogens is 3. The Morgan fingerprint density at radius 1 is 1.03 bits per heavy atom. The number of benzene rings is 2. The van der Waals surface area contributed by atoms with Crippen molar-refractivity contribution in [3.8, 4) is 5.75 Å². The van der Waals surface area contributed by atoms with Gasteiger partial charge in [-0.25, -0.2) is 8.42 Å². The Bertz CT molecular complexity index is 1160. The van der Waals surface area contributed by atoms with Crippen molar-refractivity contribution in [3.63, 3.8) is 0 Å². The number of rotatable bonds is 8. The molecule has 3 aromatic rings. The lowest BCUT2D eigenvalue weighted by atomic mass is 10.2. The van der Waals surface area contributed by atoms with E-state index >= 15 is 0 Å². The van der Waals surface area contributed by atoms with E-state index in [0.717, 1.165) is 0 Å². The van der Waals surface area contributed by atoms with E-state index in [1.807, 2.05) is 0 Å². The highest BCUT2D eigenvalue weighted by Crippen LogP contribution is 2.29. The summed E-state index contributed by atoms with van der Waals surface area (Å²) in [6.07, 6.45) is 2.99. The summed E-state index contributed by atoms with van der Waals surface area (Å²) in [6.45, 7) is -0.519. The van der Waals surface area contributed by atoms with Crippen molar-refractivity contribution >= 4 is 50.5 Å². The summed E-state index contributed by atoms with van der Waals surface area (Å²) in [5, 5.41) is 2.67. The molecule has 1 N–H and O–H groups in total. The number of ether oxygens (including phenoxy) is 1. The number of sulfone groups is 1. The number of nitrogens with zero attached hydrogens (tertiary/aromatic N) is 1. The number of hydrogen-bond acceptors (Lipinski definition) is 5. The molecule has 0 radical (unpaired) electrons. The molecule has 0 spiro atoms. The van der Waals surface area contributed by atoms with Gasteiger partial charge >= 0.3 is 0 Å². The number of amides is 1. The molecule has 0 saturated heterocycles. The van der Waals surface area contributed by atoms with Crippen LogP contribution in [0.5, 0.6) is 5.75 Å². The van der Waals surface area contributed by atoms with E-state index in [9.17, 15) is 13.2 Å². The van der Waals surface area contributed by atoms with E-state index in [1.165, 1.54) is 42.7 Å². The summed E-state index contributed by atoms with van der Waals surface area (Å²) in [5.41, 5.74) is 0.444. The first-order valence-electron chi connectivity index (χ1n) is 9.01. The lowest BCUT2D eigenvalue weighted by Gasteiger charge is -2.19. The molecule has 0 saturated carbocycles. The molecule has 1 aromatic heterocycles. The van der Waals surface area contributed by atoms with Gasteiger partial charge in [0.1, 0.15) is 11.0 Å². The van der Waals surface area contributed by atoms with E-state index in [-0.39, 0.29) is 23.1 Å². The van der Waals surface area contributed by atoms with Crippen LogP contribution in [0, 0.1) is 0 Å². The Kier molecular flexibility index (Phi) is 7.78. The summed E-state index contributed by atoms with van der Waals surface area (Å²) in [7, 11) is -3.84. The highest BCUT2D eigenvalue weighted by Gasteiger charge is 2.30. The Labute approximate surface area is 195 Å². The molecule has 0 bridgehead atoms. The van der Waals surface area contributed by atoms with Crippen LogP contribution < -0.4 is 10.1 Å². The number of aromatic nitrogens is 1. The second kappa shape index (κ2) is 10.3. The fourth-order valence-corrected chi connectivity index (χ4v) is 4.99. The van der Waals surface area contributed by atoms with Crippen LogP contribution in [-0.4, -0.2) is 32.5 Å². The van der Waals surface area contributed by atoms with Crippen molar-refractivity contribution in [2.75, 3.05) is 13.2 Å². The standard InChI is InChI=1S/C21H17Cl3N2O4S/c22-15-3-6-17(7-4-15)31(28,29)20(14-2-1-9-25-11-14)12-26-21(27)13-30-19-8-5-16(23)10-18(19)24/h1-11,20H,12-13H2,(H,26,27). The maximum atomic E-state index is 13.2. The van der Waals surface area contributed by atoms with Crippen LogP contribution >= 0.6 is 34.8 Å². The fourth-order valence-electron chi connectivity index (χ4n) is 2.75. The van der Waals surface area contributed by atoms with Crippen LogP contribution in [0.1, 0.15) is 10.8 Å². The Morgan fingerprint density at radius 3 is 2.39 bits per heavy atom. The molecule has 1 amide bonds. The molecule has 162 valence electrons. The first-order chi connectivity index (χ1) is 14.8. The first-order valence-corrected chi connectivity index (χ1v) is 11.7. The van der Waals surface area contributed by atoms with Crippen LogP contribution in [0.25, 0.3) is 0 Å². The summed E-state index contributed by atoms with van der Waals surface area (Å²) >= 11 is 17.7. The zero-order valence-electron chi connectivity index (χ0n) is 16.0. The van der Waals surface area contributed by atoms with Crippen LogP contribution in [0.3, 0.4) is 0 Å². The van der Waals surface area contributed by atoms with Crippen LogP contribution in [0.4, 0.5) is 0 Å². The van der Waals surface area contributed by atoms with Crippen molar-refractivity contribution in [3.05, 3.63) is 87.6 Å². The summed E-state index contributed by atoms with van der Waals surface area (Å²) in [4.78, 5) is 16.4. The van der Waals surface area contributed by atoms with Crippen LogP contribution in [-0.2, 0) is 14.6 Å². The molecule has 3 rings (SSSR count). The van der Waals surface area contributed by atoms with Gasteiger partial charge in [-0.15, -0.1) is 0 Å². The second-order valence-corrected chi connectivity index (χ2v) is 9.85. The summed E-state index contributed by atoms with van der Waals surface area (Å²) in [5.74, 6) is -0.218. The van der Waals surface area contributed by atoms with Gasteiger partial charge in [-0.05, 0) is 54.1 Å². The van der Waals surface area contributed by atoms with E-state index in [1.54, 1.807) is 24.3 Å². The lowest BCUT2D eigenvalue weighted by Crippen LogP contribution is -2.35. The first kappa shape index (κ1) is 23.3. The predicted molar refractivity (Wildman–Crippen MR) is 121 cm³/mol. The third-order valence-electron chi connectivity index (χ3n) is 4.31. The van der Waals surface area contributed by atoms with Gasteiger partial charge in [0.15, 0.2) is 16.4 Å². The van der Waals surface area contributed by atoms with Crippen molar-refractivity contribution in [2.45, 2.75) is 10.1 Å². The number of pyridine rings is 1. The number of carbonyl (C=O) groups excluding carboxylic acids is 1. The van der Waals surface area contributed by atoms with Gasteiger partial charge < -0.3 is 10.1 Å². The van der Waals surface area contributed by atoms with Crippen LogP contribution in [0.2, 0.25) is 15.1 Å². The Balaban J connectivity index is 1.73. The zero-order chi connectivity index (χ0) is 22.4. The van der Waals surface area contributed by atoms with E-state index < -0.39 is 21.0 Å². The van der Waals surface area contributed by atoms with E-state index in [4.69, 9.17) is 39.5 Å². The van der Waals surface area contributed by atoms with Gasteiger partial charge in [-0.2, -0.15) is 0 Å². The highest BCUT2D eigenvalue weighted by molar-refractivity contribution is 7.91.